The first-order chi connectivity index (χ1) is 15.5. The first kappa shape index (κ1) is 24.7. The molecule has 174 valence electrons. The lowest BCUT2D eigenvalue weighted by atomic mass is 10.1. The molecule has 1 aromatic heterocycles. The predicted octanol–water partition coefficient (Wildman–Crippen LogP) is 3.14. The molecule has 2 amide bonds. The number of nitrogen functional groups attached to an aromatic ring is 1. The molecule has 0 aliphatic rings. The minimum absolute atomic E-state index is 0.401. The van der Waals surface area contributed by atoms with Crippen molar-refractivity contribution >= 4 is 34.8 Å². The number of carboxylic acid groups (broad SMARTS) is 1. The first-order valence-corrected chi connectivity index (χ1v) is 8.86. The molecule has 0 saturated heterocycles. The molecule has 33 heavy (non-hydrogen) atoms. The van der Waals surface area contributed by atoms with Gasteiger partial charge >= 0.3 is 24.0 Å². The number of halogens is 3. The number of benzene rings is 2. The fourth-order valence-electron chi connectivity index (χ4n) is 2.31. The number of nitrogens with one attached hydrogen (secondary N) is 2. The van der Waals surface area contributed by atoms with Gasteiger partial charge in [0.15, 0.2) is 12.2 Å². The zero-order valence-corrected chi connectivity index (χ0v) is 16.8. The van der Waals surface area contributed by atoms with E-state index in [1.807, 2.05) is 0 Å². The topological polar surface area (TPSA) is 157 Å². The van der Waals surface area contributed by atoms with Crippen molar-refractivity contribution in [3.63, 3.8) is 0 Å². The van der Waals surface area contributed by atoms with Gasteiger partial charge in [0.1, 0.15) is 5.75 Å². The molecule has 3 rings (SSSR count). The second kappa shape index (κ2) is 10.7. The maximum atomic E-state index is 12.1. The molecule has 2 aromatic carbocycles. The number of ether oxygens (including phenoxy) is 1. The number of aromatic nitrogens is 1. The summed E-state index contributed by atoms with van der Waals surface area (Å²) in [6.45, 7) is 0. The van der Waals surface area contributed by atoms with Crippen LogP contribution in [-0.4, -0.2) is 41.2 Å². The molecule has 0 bridgehead atoms. The quantitative estimate of drug-likeness (QED) is 0.337. The van der Waals surface area contributed by atoms with Crippen LogP contribution in [0.2, 0.25) is 0 Å². The van der Waals surface area contributed by atoms with E-state index in [9.17, 15) is 22.8 Å². The molecule has 3 aromatic rings. The standard InChI is InChI=1S/C18H16N4O4.C2HF3O2/c1-25-15-8-13(5-6-14(15)16-9-20-10-26-16)22-18(24)17(23)21-12-4-2-3-11(19)7-12;3-2(4,5)1(6)7/h2-10H,19H2,1H3,(H,21,23)(H,22,24);(H,6,7). The Morgan fingerprint density at radius 2 is 1.67 bits per heavy atom. The highest BCUT2D eigenvalue weighted by Crippen LogP contribution is 2.32. The molecular weight excluding hydrogens is 449 g/mol. The van der Waals surface area contributed by atoms with E-state index in [0.29, 0.717) is 34.1 Å². The number of methoxy groups -OCH3 is 1. The number of carboxylic acids is 1. The van der Waals surface area contributed by atoms with Crippen LogP contribution in [0, 0.1) is 0 Å². The van der Waals surface area contributed by atoms with Crippen LogP contribution in [0.5, 0.6) is 5.75 Å². The van der Waals surface area contributed by atoms with Crippen molar-refractivity contribution < 1.29 is 41.8 Å². The molecule has 0 atom stereocenters. The fourth-order valence-corrected chi connectivity index (χ4v) is 2.31. The first-order valence-electron chi connectivity index (χ1n) is 8.86. The second-order valence-electron chi connectivity index (χ2n) is 6.12. The van der Waals surface area contributed by atoms with Crippen molar-refractivity contribution in [3.8, 4) is 17.1 Å². The van der Waals surface area contributed by atoms with Crippen molar-refractivity contribution in [1.82, 2.24) is 4.98 Å². The largest absolute Gasteiger partial charge is 0.496 e. The summed E-state index contributed by atoms with van der Waals surface area (Å²) in [6, 6.07) is 11.5. The van der Waals surface area contributed by atoms with Crippen LogP contribution < -0.4 is 21.1 Å². The number of hydrogen-bond donors (Lipinski definition) is 4. The highest BCUT2D eigenvalue weighted by molar-refractivity contribution is 6.43. The molecule has 5 N–H and O–H groups in total. The zero-order valence-electron chi connectivity index (χ0n) is 16.8. The van der Waals surface area contributed by atoms with Crippen LogP contribution in [0.15, 0.2) is 59.5 Å². The molecule has 10 nitrogen and oxygen atoms in total. The average Bonchev–Trinajstić information content (AvgIpc) is 3.28. The van der Waals surface area contributed by atoms with E-state index in [-0.39, 0.29) is 0 Å². The molecule has 13 heteroatoms. The van der Waals surface area contributed by atoms with Gasteiger partial charge in [-0.25, -0.2) is 9.78 Å². The van der Waals surface area contributed by atoms with E-state index in [0.717, 1.165) is 0 Å². The van der Waals surface area contributed by atoms with Crippen molar-refractivity contribution in [1.29, 1.82) is 0 Å². The molecule has 0 aliphatic heterocycles. The molecule has 0 aliphatic carbocycles. The monoisotopic (exact) mass is 466 g/mol. The number of nitrogens with zero attached hydrogens (tertiary/aromatic N) is 1. The number of hydrogen-bond acceptors (Lipinski definition) is 7. The molecule has 0 spiro atoms. The van der Waals surface area contributed by atoms with Crippen molar-refractivity contribution in [3.05, 3.63) is 55.1 Å². The van der Waals surface area contributed by atoms with Gasteiger partial charge in [0.25, 0.3) is 0 Å². The van der Waals surface area contributed by atoms with Crippen LogP contribution in [0.1, 0.15) is 0 Å². The van der Waals surface area contributed by atoms with Crippen LogP contribution in [0.25, 0.3) is 11.3 Å². The van der Waals surface area contributed by atoms with E-state index < -0.39 is 24.0 Å². The lowest BCUT2D eigenvalue weighted by Crippen LogP contribution is -2.29. The van der Waals surface area contributed by atoms with Gasteiger partial charge in [-0.05, 0) is 30.3 Å². The summed E-state index contributed by atoms with van der Waals surface area (Å²) in [6.07, 6.45) is -2.22. The van der Waals surface area contributed by atoms with Gasteiger partial charge < -0.3 is 30.6 Å². The summed E-state index contributed by atoms with van der Waals surface area (Å²) in [5, 5.41) is 12.1. The number of nitrogens with two attached hydrogens (primary N) is 1. The Morgan fingerprint density at radius 3 is 2.15 bits per heavy atom. The van der Waals surface area contributed by atoms with Crippen LogP contribution in [0.4, 0.5) is 30.2 Å². The Kier molecular flexibility index (Phi) is 7.98. The van der Waals surface area contributed by atoms with Gasteiger partial charge in [0, 0.05) is 23.1 Å². The Balaban J connectivity index is 0.000000479. The van der Waals surface area contributed by atoms with E-state index in [1.54, 1.807) is 48.7 Å². The highest BCUT2D eigenvalue weighted by atomic mass is 19.4. The average molecular weight is 466 g/mol. The summed E-state index contributed by atoms with van der Waals surface area (Å²) < 4.78 is 42.3. The predicted molar refractivity (Wildman–Crippen MR) is 110 cm³/mol. The highest BCUT2D eigenvalue weighted by Gasteiger charge is 2.38. The van der Waals surface area contributed by atoms with E-state index in [4.69, 9.17) is 24.8 Å². The smallest absolute Gasteiger partial charge is 0.490 e. The third kappa shape index (κ3) is 7.27. The van der Waals surface area contributed by atoms with E-state index in [2.05, 4.69) is 15.6 Å². The lowest BCUT2D eigenvalue weighted by molar-refractivity contribution is -0.192. The Labute approximate surface area is 184 Å². The van der Waals surface area contributed by atoms with E-state index in [1.165, 1.54) is 13.5 Å². The zero-order chi connectivity index (χ0) is 24.6. The molecule has 1 heterocycles. The number of alkyl halides is 3. The fraction of sp³-hybridized carbons (Fsp3) is 0.100. The van der Waals surface area contributed by atoms with Crippen molar-refractivity contribution in [2.45, 2.75) is 6.18 Å². The van der Waals surface area contributed by atoms with E-state index >= 15 is 0 Å². The van der Waals surface area contributed by atoms with Crippen molar-refractivity contribution in [2.24, 2.45) is 0 Å². The second-order valence-corrected chi connectivity index (χ2v) is 6.12. The summed E-state index contributed by atoms with van der Waals surface area (Å²) in [5.41, 5.74) is 7.63. The summed E-state index contributed by atoms with van der Waals surface area (Å²) in [4.78, 5) is 36.9. The van der Waals surface area contributed by atoms with Gasteiger partial charge in [-0.1, -0.05) is 6.07 Å². The van der Waals surface area contributed by atoms with Crippen LogP contribution in [0.3, 0.4) is 0 Å². The number of amides is 2. The number of carbonyl (C=O) groups is 3. The number of oxazole rings is 1. The lowest BCUT2D eigenvalue weighted by Gasteiger charge is -2.10. The summed E-state index contributed by atoms with van der Waals surface area (Å²) >= 11 is 0. The molecular formula is C20H17F3N4O6. The van der Waals surface area contributed by atoms with Gasteiger partial charge in [-0.15, -0.1) is 0 Å². The van der Waals surface area contributed by atoms with Gasteiger partial charge in [0.05, 0.1) is 18.9 Å². The maximum Gasteiger partial charge on any atom is 0.490 e. The number of aliphatic carboxylic acids is 1. The molecule has 0 saturated carbocycles. The SMILES string of the molecule is COc1cc(NC(=O)C(=O)Nc2cccc(N)c2)ccc1-c1cnco1.O=C(O)C(F)(F)F. The molecule has 0 unspecified atom stereocenters. The Bertz CT molecular complexity index is 1130. The number of rotatable bonds is 4. The molecule has 0 radical (unpaired) electrons. The third-order valence-corrected chi connectivity index (χ3v) is 3.75. The Morgan fingerprint density at radius 1 is 1.06 bits per heavy atom. The van der Waals surface area contributed by atoms with Gasteiger partial charge in [-0.2, -0.15) is 13.2 Å². The molecule has 0 fully saturated rings. The Hall–Kier alpha value is -4.55. The number of carbonyl (C=O) groups excluding carboxylic acids is 2. The van der Waals surface area contributed by atoms with Gasteiger partial charge in [0.2, 0.25) is 0 Å². The van der Waals surface area contributed by atoms with Crippen molar-refractivity contribution in [2.75, 3.05) is 23.5 Å². The van der Waals surface area contributed by atoms with Crippen LogP contribution in [-0.2, 0) is 14.4 Å². The summed E-state index contributed by atoms with van der Waals surface area (Å²) in [7, 11) is 1.49. The third-order valence-electron chi connectivity index (χ3n) is 3.75. The minimum atomic E-state index is -5.08. The summed E-state index contributed by atoms with van der Waals surface area (Å²) in [5.74, 6) is -3.39. The maximum absolute atomic E-state index is 12.1. The minimum Gasteiger partial charge on any atom is -0.496 e. The normalized spacial score (nSPS) is 10.4. The van der Waals surface area contributed by atoms with Crippen LogP contribution >= 0.6 is 0 Å². The number of anilines is 3. The van der Waals surface area contributed by atoms with Gasteiger partial charge in [-0.3, -0.25) is 9.59 Å².